The van der Waals surface area contributed by atoms with E-state index < -0.39 is 0 Å². The van der Waals surface area contributed by atoms with E-state index in [0.29, 0.717) is 30.0 Å². The number of allylic oxidation sites excluding steroid dienone is 1. The van der Waals surface area contributed by atoms with Crippen LogP contribution in [0.5, 0.6) is 5.75 Å². The molecule has 6 nitrogen and oxygen atoms in total. The van der Waals surface area contributed by atoms with E-state index in [9.17, 15) is 9.59 Å². The van der Waals surface area contributed by atoms with Crippen LogP contribution in [0.1, 0.15) is 29.8 Å². The molecule has 6 heteroatoms. The zero-order valence-electron chi connectivity index (χ0n) is 18.3. The van der Waals surface area contributed by atoms with Gasteiger partial charge >= 0.3 is 0 Å². The first kappa shape index (κ1) is 22.0. The third kappa shape index (κ3) is 4.74. The maximum atomic E-state index is 13.4. The molecule has 1 heterocycles. The van der Waals surface area contributed by atoms with Gasteiger partial charge in [0, 0.05) is 25.7 Å². The SMILES string of the molecule is CCN(CC)c1c(C(=O)/C=C/c2ccc(OC)cc2)c(-c2ccccc2)nn(C)c1=O. The van der Waals surface area contributed by atoms with Crippen LogP contribution in [0.2, 0.25) is 0 Å². The smallest absolute Gasteiger partial charge is 0.290 e. The van der Waals surface area contributed by atoms with E-state index in [1.54, 1.807) is 20.2 Å². The Morgan fingerprint density at radius 2 is 1.71 bits per heavy atom. The third-order valence-corrected chi connectivity index (χ3v) is 5.14. The molecule has 0 aliphatic heterocycles. The molecule has 3 rings (SSSR count). The van der Waals surface area contributed by atoms with Crippen molar-refractivity contribution in [3.63, 3.8) is 0 Å². The van der Waals surface area contributed by atoms with E-state index in [-0.39, 0.29) is 11.3 Å². The molecular weight excluding hydrogens is 390 g/mol. The number of benzene rings is 2. The van der Waals surface area contributed by atoms with Crippen LogP contribution in [0.15, 0.2) is 65.5 Å². The largest absolute Gasteiger partial charge is 0.497 e. The lowest BCUT2D eigenvalue weighted by atomic mass is 10.00. The third-order valence-electron chi connectivity index (χ3n) is 5.14. The molecule has 0 fully saturated rings. The summed E-state index contributed by atoms with van der Waals surface area (Å²) < 4.78 is 6.48. The van der Waals surface area contributed by atoms with Crippen LogP contribution in [-0.4, -0.2) is 35.8 Å². The minimum Gasteiger partial charge on any atom is -0.497 e. The van der Waals surface area contributed by atoms with Gasteiger partial charge in [-0.05, 0) is 37.6 Å². The van der Waals surface area contributed by atoms with Crippen molar-refractivity contribution >= 4 is 17.5 Å². The molecular formula is C25H27N3O3. The van der Waals surface area contributed by atoms with Gasteiger partial charge in [-0.3, -0.25) is 9.59 Å². The van der Waals surface area contributed by atoms with Gasteiger partial charge in [0.1, 0.15) is 17.1 Å². The molecule has 0 atom stereocenters. The summed E-state index contributed by atoms with van der Waals surface area (Å²) in [7, 11) is 3.22. The van der Waals surface area contributed by atoms with E-state index in [0.717, 1.165) is 16.9 Å². The fraction of sp³-hybridized carbons (Fsp3) is 0.240. The fourth-order valence-corrected chi connectivity index (χ4v) is 3.45. The lowest BCUT2D eigenvalue weighted by molar-refractivity contribution is 0.104. The summed E-state index contributed by atoms with van der Waals surface area (Å²) in [6.45, 7) is 5.14. The Bertz CT molecular complexity index is 1130. The first-order valence-electron chi connectivity index (χ1n) is 10.3. The monoisotopic (exact) mass is 417 g/mol. The summed E-state index contributed by atoms with van der Waals surface area (Å²) in [5.74, 6) is 0.483. The predicted octanol–water partition coefficient (Wildman–Crippen LogP) is 4.20. The molecule has 3 aromatic rings. The van der Waals surface area contributed by atoms with E-state index in [1.165, 1.54) is 10.8 Å². The van der Waals surface area contributed by atoms with Gasteiger partial charge in [0.25, 0.3) is 5.56 Å². The van der Waals surface area contributed by atoms with Crippen molar-refractivity contribution in [3.8, 4) is 17.0 Å². The summed E-state index contributed by atoms with van der Waals surface area (Å²) in [5.41, 5.74) is 2.55. The molecule has 0 bridgehead atoms. The first-order valence-corrected chi connectivity index (χ1v) is 10.3. The van der Waals surface area contributed by atoms with Gasteiger partial charge in [-0.15, -0.1) is 0 Å². The van der Waals surface area contributed by atoms with Gasteiger partial charge in [0.2, 0.25) is 0 Å². The van der Waals surface area contributed by atoms with Gasteiger partial charge in [-0.25, -0.2) is 4.68 Å². The number of rotatable bonds is 8. The van der Waals surface area contributed by atoms with Crippen LogP contribution in [-0.2, 0) is 7.05 Å². The summed E-state index contributed by atoms with van der Waals surface area (Å²) in [6, 6.07) is 16.9. The van der Waals surface area contributed by atoms with Crippen molar-refractivity contribution < 1.29 is 9.53 Å². The molecule has 0 amide bonds. The molecule has 2 aromatic carbocycles. The van der Waals surface area contributed by atoms with Crippen molar-refractivity contribution in [2.24, 2.45) is 7.05 Å². The average molecular weight is 418 g/mol. The van der Waals surface area contributed by atoms with Crippen LogP contribution >= 0.6 is 0 Å². The minimum atomic E-state index is -0.287. The molecule has 0 aliphatic carbocycles. The topological polar surface area (TPSA) is 64.4 Å². The molecule has 0 unspecified atom stereocenters. The summed E-state index contributed by atoms with van der Waals surface area (Å²) in [5, 5.41) is 4.46. The Labute approximate surface area is 182 Å². The first-order chi connectivity index (χ1) is 15.0. The summed E-state index contributed by atoms with van der Waals surface area (Å²) in [4.78, 5) is 28.4. The predicted molar refractivity (Wildman–Crippen MR) is 125 cm³/mol. The Morgan fingerprint density at radius 1 is 1.06 bits per heavy atom. The number of carbonyl (C=O) groups excluding carboxylic acids is 1. The Hall–Kier alpha value is -3.67. The van der Waals surface area contributed by atoms with Crippen molar-refractivity contribution in [3.05, 3.63) is 82.2 Å². The lowest BCUT2D eigenvalue weighted by Gasteiger charge is -2.24. The Kier molecular flexibility index (Phi) is 7.03. The molecule has 160 valence electrons. The molecule has 0 N–H and O–H groups in total. The molecule has 0 saturated heterocycles. The number of nitrogens with zero attached hydrogens (tertiary/aromatic N) is 3. The second-order valence-electron chi connectivity index (χ2n) is 7.01. The fourth-order valence-electron chi connectivity index (χ4n) is 3.45. The van der Waals surface area contributed by atoms with Gasteiger partial charge < -0.3 is 9.64 Å². The second-order valence-corrected chi connectivity index (χ2v) is 7.01. The number of carbonyl (C=O) groups is 1. The number of aryl methyl sites for hydroxylation is 1. The van der Waals surface area contributed by atoms with Gasteiger partial charge in [-0.2, -0.15) is 5.10 Å². The summed E-state index contributed by atoms with van der Waals surface area (Å²) in [6.07, 6.45) is 3.23. The standard InChI is InChI=1S/C25H27N3O3/c1-5-28(6-2)24-22(21(29)17-14-18-12-15-20(31-4)16-13-18)23(26-27(3)25(24)30)19-10-8-7-9-11-19/h7-17H,5-6H2,1-4H3/b17-14+. The van der Waals surface area contributed by atoms with Crippen molar-refractivity contribution in [2.45, 2.75) is 13.8 Å². The van der Waals surface area contributed by atoms with Crippen LogP contribution in [0.25, 0.3) is 17.3 Å². The highest BCUT2D eigenvalue weighted by atomic mass is 16.5. The molecule has 0 spiro atoms. The second kappa shape index (κ2) is 9.89. The number of hydrogen-bond donors (Lipinski definition) is 0. The lowest BCUT2D eigenvalue weighted by Crippen LogP contribution is -2.35. The minimum absolute atomic E-state index is 0.262. The number of ether oxygens (including phenoxy) is 1. The van der Waals surface area contributed by atoms with E-state index in [1.807, 2.05) is 73.3 Å². The van der Waals surface area contributed by atoms with Crippen molar-refractivity contribution in [1.82, 2.24) is 9.78 Å². The van der Waals surface area contributed by atoms with E-state index >= 15 is 0 Å². The van der Waals surface area contributed by atoms with Crippen LogP contribution in [0.3, 0.4) is 0 Å². The van der Waals surface area contributed by atoms with E-state index in [4.69, 9.17) is 4.74 Å². The van der Waals surface area contributed by atoms with Crippen LogP contribution < -0.4 is 15.2 Å². The maximum Gasteiger partial charge on any atom is 0.290 e. The van der Waals surface area contributed by atoms with Gasteiger partial charge in [0.15, 0.2) is 5.78 Å². The average Bonchev–Trinajstić information content (AvgIpc) is 2.81. The number of ketones is 1. The highest BCUT2D eigenvalue weighted by Gasteiger charge is 2.25. The number of hydrogen-bond acceptors (Lipinski definition) is 5. The molecule has 1 aromatic heterocycles. The van der Waals surface area contributed by atoms with Crippen LogP contribution in [0, 0.1) is 0 Å². The van der Waals surface area contributed by atoms with E-state index in [2.05, 4.69) is 5.10 Å². The van der Waals surface area contributed by atoms with Gasteiger partial charge in [-0.1, -0.05) is 48.5 Å². The quantitative estimate of drug-likeness (QED) is 0.406. The molecule has 31 heavy (non-hydrogen) atoms. The normalized spacial score (nSPS) is 11.0. The van der Waals surface area contributed by atoms with Crippen molar-refractivity contribution in [2.75, 3.05) is 25.1 Å². The zero-order valence-corrected chi connectivity index (χ0v) is 18.3. The molecule has 0 radical (unpaired) electrons. The van der Waals surface area contributed by atoms with Crippen LogP contribution in [0.4, 0.5) is 5.69 Å². The number of methoxy groups -OCH3 is 1. The summed E-state index contributed by atoms with van der Waals surface area (Å²) >= 11 is 0. The molecule has 0 saturated carbocycles. The molecule has 0 aliphatic rings. The maximum absolute atomic E-state index is 13.4. The Balaban J connectivity index is 2.17. The Morgan fingerprint density at radius 3 is 2.29 bits per heavy atom. The van der Waals surface area contributed by atoms with Gasteiger partial charge in [0.05, 0.1) is 12.7 Å². The zero-order chi connectivity index (χ0) is 22.4. The number of aromatic nitrogens is 2. The highest BCUT2D eigenvalue weighted by molar-refractivity contribution is 6.14. The number of anilines is 1. The highest BCUT2D eigenvalue weighted by Crippen LogP contribution is 2.28. The van der Waals surface area contributed by atoms with Crippen molar-refractivity contribution in [1.29, 1.82) is 0 Å².